The fraction of sp³-hybridized carbons (Fsp3) is 0.429. The molecule has 0 heterocycles. The zero-order valence-corrected chi connectivity index (χ0v) is 14.9. The highest BCUT2D eigenvalue weighted by Gasteiger charge is 2.21. The van der Waals surface area contributed by atoms with Gasteiger partial charge in [0.25, 0.3) is 5.91 Å². The van der Waals surface area contributed by atoms with Gasteiger partial charge in [0, 0.05) is 5.71 Å². The molecule has 0 atom stereocenters. The van der Waals surface area contributed by atoms with E-state index in [4.69, 9.17) is 23.2 Å². The van der Waals surface area contributed by atoms with Gasteiger partial charge in [-0.3, -0.25) is 9.10 Å². The number of sulfonamides is 1. The van der Waals surface area contributed by atoms with Crippen molar-refractivity contribution in [1.29, 1.82) is 0 Å². The summed E-state index contributed by atoms with van der Waals surface area (Å²) in [5.74, 6) is -0.513. The Kier molecular flexibility index (Phi) is 5.89. The Morgan fingerprint density at radius 2 is 1.91 bits per heavy atom. The van der Waals surface area contributed by atoms with Gasteiger partial charge in [-0.1, -0.05) is 23.2 Å². The summed E-state index contributed by atoms with van der Waals surface area (Å²) in [6, 6.07) is 4.38. The molecule has 1 N–H and O–H groups in total. The summed E-state index contributed by atoms with van der Waals surface area (Å²) in [7, 11) is -3.66. The Bertz CT molecular complexity index is 727. The first kappa shape index (κ1) is 18.0. The molecule has 6 nitrogen and oxygen atoms in total. The fourth-order valence-electron chi connectivity index (χ4n) is 2.24. The van der Waals surface area contributed by atoms with Crippen molar-refractivity contribution in [2.24, 2.45) is 5.10 Å². The van der Waals surface area contributed by atoms with Crippen molar-refractivity contribution < 1.29 is 13.2 Å². The maximum Gasteiger partial charge on any atom is 0.260 e. The van der Waals surface area contributed by atoms with E-state index in [-0.39, 0.29) is 17.3 Å². The summed E-state index contributed by atoms with van der Waals surface area (Å²) >= 11 is 11.7. The lowest BCUT2D eigenvalue weighted by atomic mass is 10.3. The highest BCUT2D eigenvalue weighted by atomic mass is 35.5. The Hall–Kier alpha value is -1.31. The lowest BCUT2D eigenvalue weighted by molar-refractivity contribution is -0.119. The van der Waals surface area contributed by atoms with Crippen LogP contribution in [-0.4, -0.2) is 32.8 Å². The Labute approximate surface area is 145 Å². The van der Waals surface area contributed by atoms with Crippen LogP contribution in [-0.2, 0) is 14.8 Å². The zero-order valence-electron chi connectivity index (χ0n) is 12.6. The van der Waals surface area contributed by atoms with E-state index in [9.17, 15) is 13.2 Å². The van der Waals surface area contributed by atoms with Gasteiger partial charge in [0.1, 0.15) is 6.54 Å². The summed E-state index contributed by atoms with van der Waals surface area (Å²) in [5, 5.41) is 4.55. The molecule has 0 spiro atoms. The third-order valence-corrected chi connectivity index (χ3v) is 5.28. The van der Waals surface area contributed by atoms with Crippen LogP contribution >= 0.6 is 23.2 Å². The summed E-state index contributed by atoms with van der Waals surface area (Å²) in [6.07, 6.45) is 4.87. The minimum absolute atomic E-state index is 0.212. The minimum Gasteiger partial charge on any atom is -0.271 e. The van der Waals surface area contributed by atoms with E-state index in [1.54, 1.807) is 0 Å². The summed E-state index contributed by atoms with van der Waals surface area (Å²) in [4.78, 5) is 12.0. The standard InChI is InChI=1S/C14H17Cl2N3O3S/c1-23(21,22)19(11-6-7-12(15)13(16)8-11)9-14(20)18-17-10-4-2-3-5-10/h6-8H,2-5,9H2,1H3,(H,18,20). The molecule has 0 saturated heterocycles. The molecule has 1 aromatic rings. The van der Waals surface area contributed by atoms with Crippen LogP contribution in [0.2, 0.25) is 10.0 Å². The molecule has 0 radical (unpaired) electrons. The van der Waals surface area contributed by atoms with Gasteiger partial charge >= 0.3 is 0 Å². The number of carbonyl (C=O) groups is 1. The number of nitrogens with zero attached hydrogens (tertiary/aromatic N) is 2. The van der Waals surface area contributed by atoms with Gasteiger partial charge in [-0.25, -0.2) is 13.8 Å². The number of benzene rings is 1. The van der Waals surface area contributed by atoms with Crippen LogP contribution in [0.1, 0.15) is 25.7 Å². The van der Waals surface area contributed by atoms with E-state index in [2.05, 4.69) is 10.5 Å². The molecule has 0 unspecified atom stereocenters. The average molecular weight is 378 g/mol. The topological polar surface area (TPSA) is 78.8 Å². The van der Waals surface area contributed by atoms with Crippen LogP contribution in [0.15, 0.2) is 23.3 Å². The SMILES string of the molecule is CS(=O)(=O)N(CC(=O)NN=C1CCCC1)c1ccc(Cl)c(Cl)c1. The Morgan fingerprint density at radius 1 is 1.26 bits per heavy atom. The second-order valence-electron chi connectivity index (χ2n) is 5.29. The third-order valence-electron chi connectivity index (χ3n) is 3.40. The summed E-state index contributed by atoms with van der Waals surface area (Å²) in [5.41, 5.74) is 3.61. The molecule has 1 saturated carbocycles. The van der Waals surface area contributed by atoms with Crippen LogP contribution in [0.4, 0.5) is 5.69 Å². The van der Waals surface area contributed by atoms with Crippen molar-refractivity contribution in [2.45, 2.75) is 25.7 Å². The van der Waals surface area contributed by atoms with E-state index in [1.165, 1.54) is 18.2 Å². The molecule has 0 aliphatic heterocycles. The van der Waals surface area contributed by atoms with E-state index < -0.39 is 15.9 Å². The number of hydrogen-bond donors (Lipinski definition) is 1. The van der Waals surface area contributed by atoms with Crippen LogP contribution < -0.4 is 9.73 Å². The summed E-state index contributed by atoms with van der Waals surface area (Å²) in [6.45, 7) is -0.381. The quantitative estimate of drug-likeness (QED) is 0.801. The van der Waals surface area contributed by atoms with Crippen LogP contribution in [0.5, 0.6) is 0 Å². The highest BCUT2D eigenvalue weighted by Crippen LogP contribution is 2.28. The molecular formula is C14H17Cl2N3O3S. The lowest BCUT2D eigenvalue weighted by Gasteiger charge is -2.21. The predicted molar refractivity (Wildman–Crippen MR) is 92.7 cm³/mol. The Balaban J connectivity index is 2.14. The molecule has 23 heavy (non-hydrogen) atoms. The maximum atomic E-state index is 12.0. The maximum absolute atomic E-state index is 12.0. The van der Waals surface area contributed by atoms with Crippen molar-refractivity contribution >= 4 is 50.5 Å². The van der Waals surface area contributed by atoms with E-state index in [1.807, 2.05) is 0 Å². The van der Waals surface area contributed by atoms with Gasteiger partial charge in [0.05, 0.1) is 22.0 Å². The molecule has 0 bridgehead atoms. The van der Waals surface area contributed by atoms with Crippen molar-refractivity contribution in [2.75, 3.05) is 17.1 Å². The van der Waals surface area contributed by atoms with Crippen LogP contribution in [0.25, 0.3) is 0 Å². The smallest absolute Gasteiger partial charge is 0.260 e. The molecule has 126 valence electrons. The molecule has 2 rings (SSSR count). The second kappa shape index (κ2) is 7.51. The van der Waals surface area contributed by atoms with Gasteiger partial charge in [-0.05, 0) is 43.9 Å². The number of anilines is 1. The number of rotatable bonds is 5. The largest absolute Gasteiger partial charge is 0.271 e. The van der Waals surface area contributed by atoms with Crippen LogP contribution in [0, 0.1) is 0 Å². The number of nitrogens with one attached hydrogen (secondary N) is 1. The molecule has 1 aliphatic carbocycles. The molecule has 9 heteroatoms. The average Bonchev–Trinajstić information content (AvgIpc) is 2.98. The van der Waals surface area contributed by atoms with Gasteiger partial charge in [-0.2, -0.15) is 5.10 Å². The third kappa shape index (κ3) is 5.09. The number of carbonyl (C=O) groups excluding carboxylic acids is 1. The van der Waals surface area contributed by atoms with Crippen molar-refractivity contribution in [1.82, 2.24) is 5.43 Å². The van der Waals surface area contributed by atoms with E-state index in [0.29, 0.717) is 5.02 Å². The highest BCUT2D eigenvalue weighted by molar-refractivity contribution is 7.92. The first-order valence-corrected chi connectivity index (χ1v) is 9.65. The molecular weight excluding hydrogens is 361 g/mol. The molecule has 1 aromatic carbocycles. The first-order valence-electron chi connectivity index (χ1n) is 7.04. The molecule has 1 aliphatic rings. The molecule has 1 fully saturated rings. The first-order chi connectivity index (χ1) is 10.8. The lowest BCUT2D eigenvalue weighted by Crippen LogP contribution is -2.39. The van der Waals surface area contributed by atoms with E-state index in [0.717, 1.165) is 42.0 Å². The number of amides is 1. The van der Waals surface area contributed by atoms with Gasteiger partial charge in [0.15, 0.2) is 0 Å². The summed E-state index contributed by atoms with van der Waals surface area (Å²) < 4.78 is 24.9. The monoisotopic (exact) mass is 377 g/mol. The van der Waals surface area contributed by atoms with Gasteiger partial charge in [-0.15, -0.1) is 0 Å². The Morgan fingerprint density at radius 3 is 2.48 bits per heavy atom. The fourth-order valence-corrected chi connectivity index (χ4v) is 3.38. The van der Waals surface area contributed by atoms with Crippen molar-refractivity contribution in [3.63, 3.8) is 0 Å². The number of hydrazone groups is 1. The van der Waals surface area contributed by atoms with Crippen molar-refractivity contribution in [3.8, 4) is 0 Å². The van der Waals surface area contributed by atoms with Crippen molar-refractivity contribution in [3.05, 3.63) is 28.2 Å². The molecule has 0 aromatic heterocycles. The van der Waals surface area contributed by atoms with Gasteiger partial charge < -0.3 is 0 Å². The van der Waals surface area contributed by atoms with Crippen LogP contribution in [0.3, 0.4) is 0 Å². The predicted octanol–water partition coefficient (Wildman–Crippen LogP) is 2.81. The second-order valence-corrected chi connectivity index (χ2v) is 8.01. The number of halogens is 2. The minimum atomic E-state index is -3.66. The number of hydrogen-bond acceptors (Lipinski definition) is 4. The van der Waals surface area contributed by atoms with E-state index >= 15 is 0 Å². The normalized spacial score (nSPS) is 14.7. The molecule has 1 amide bonds. The van der Waals surface area contributed by atoms with Gasteiger partial charge in [0.2, 0.25) is 10.0 Å². The zero-order chi connectivity index (χ0) is 17.0.